The van der Waals surface area contributed by atoms with Gasteiger partial charge in [0, 0.05) is 30.8 Å². The maximum Gasteiger partial charge on any atom is 0.227 e. The van der Waals surface area contributed by atoms with E-state index in [9.17, 15) is 4.79 Å². The molecule has 0 spiro atoms. The molecule has 2 aromatic carbocycles. The molecule has 2 aromatic heterocycles. The van der Waals surface area contributed by atoms with Crippen LogP contribution in [0.4, 0.5) is 0 Å². The summed E-state index contributed by atoms with van der Waals surface area (Å²) in [5, 5.41) is 9.33. The first-order valence-electron chi connectivity index (χ1n) is 9.21. The number of rotatable bonds is 6. The van der Waals surface area contributed by atoms with E-state index in [2.05, 4.69) is 38.6 Å². The van der Waals surface area contributed by atoms with Gasteiger partial charge in [0.2, 0.25) is 17.6 Å². The van der Waals surface area contributed by atoms with Crippen LogP contribution in [0.3, 0.4) is 0 Å². The molecule has 4 rings (SSSR count). The number of amides is 1. The molecule has 0 aliphatic carbocycles. The lowest BCUT2D eigenvalue weighted by Crippen LogP contribution is -2.27. The van der Waals surface area contributed by atoms with Gasteiger partial charge in [-0.1, -0.05) is 47.6 Å². The van der Waals surface area contributed by atoms with Gasteiger partial charge in [-0.3, -0.25) is 9.78 Å². The van der Waals surface area contributed by atoms with Crippen LogP contribution in [0.2, 0.25) is 0 Å². The van der Waals surface area contributed by atoms with Gasteiger partial charge in [-0.2, -0.15) is 4.98 Å². The van der Waals surface area contributed by atoms with Crippen LogP contribution in [-0.2, 0) is 11.2 Å². The molecular formula is C22H20N4O2. The Kier molecular flexibility index (Phi) is 5.10. The number of benzene rings is 2. The van der Waals surface area contributed by atoms with Crippen LogP contribution in [0.15, 0.2) is 71.5 Å². The molecule has 1 amide bonds. The van der Waals surface area contributed by atoms with E-state index in [4.69, 9.17) is 4.52 Å². The fourth-order valence-electron chi connectivity index (χ4n) is 3.21. The smallest absolute Gasteiger partial charge is 0.227 e. The van der Waals surface area contributed by atoms with Crippen molar-refractivity contribution >= 4 is 16.7 Å². The van der Waals surface area contributed by atoms with Crippen LogP contribution in [-0.4, -0.2) is 21.0 Å². The van der Waals surface area contributed by atoms with E-state index < -0.39 is 0 Å². The summed E-state index contributed by atoms with van der Waals surface area (Å²) in [6, 6.07) is 17.8. The molecule has 0 aliphatic heterocycles. The Bertz CT molecular complexity index is 1090. The van der Waals surface area contributed by atoms with Crippen molar-refractivity contribution in [2.24, 2.45) is 0 Å². The van der Waals surface area contributed by atoms with Gasteiger partial charge in [-0.25, -0.2) is 0 Å². The SMILES string of the molecule is CC(NC(=O)CCc1nc(-c2ccncc2)no1)c1cccc2ccccc12. The van der Waals surface area contributed by atoms with Crippen molar-refractivity contribution in [2.75, 3.05) is 0 Å². The van der Waals surface area contributed by atoms with Crippen LogP contribution < -0.4 is 5.32 Å². The first-order valence-corrected chi connectivity index (χ1v) is 9.21. The van der Waals surface area contributed by atoms with Crippen LogP contribution in [0, 0.1) is 0 Å². The molecule has 0 fully saturated rings. The summed E-state index contributed by atoms with van der Waals surface area (Å²) in [5.74, 6) is 0.894. The van der Waals surface area contributed by atoms with Crippen molar-refractivity contribution in [3.8, 4) is 11.4 Å². The van der Waals surface area contributed by atoms with Gasteiger partial charge < -0.3 is 9.84 Å². The Labute approximate surface area is 162 Å². The Morgan fingerprint density at radius 2 is 1.86 bits per heavy atom. The monoisotopic (exact) mass is 372 g/mol. The standard InChI is InChI=1S/C22H20N4O2/c1-15(18-8-4-6-16-5-2-3-7-19(16)18)24-20(27)9-10-21-25-22(26-28-21)17-11-13-23-14-12-17/h2-8,11-15H,9-10H2,1H3,(H,24,27). The second-order valence-electron chi connectivity index (χ2n) is 6.61. The van der Waals surface area contributed by atoms with Crippen molar-refractivity contribution in [3.63, 3.8) is 0 Å². The highest BCUT2D eigenvalue weighted by Gasteiger charge is 2.14. The molecular weight excluding hydrogens is 352 g/mol. The fraction of sp³-hybridized carbons (Fsp3) is 0.182. The highest BCUT2D eigenvalue weighted by molar-refractivity contribution is 5.86. The molecule has 0 aliphatic rings. The molecule has 2 heterocycles. The average Bonchev–Trinajstić information content (AvgIpc) is 3.21. The van der Waals surface area contributed by atoms with E-state index in [1.165, 1.54) is 0 Å². The van der Waals surface area contributed by atoms with Gasteiger partial charge in [0.25, 0.3) is 0 Å². The van der Waals surface area contributed by atoms with Crippen molar-refractivity contribution in [3.05, 3.63) is 78.4 Å². The molecule has 6 heteroatoms. The van der Waals surface area contributed by atoms with Gasteiger partial charge in [-0.15, -0.1) is 0 Å². The zero-order chi connectivity index (χ0) is 19.3. The zero-order valence-corrected chi connectivity index (χ0v) is 15.5. The van der Waals surface area contributed by atoms with Gasteiger partial charge in [0.05, 0.1) is 6.04 Å². The second-order valence-corrected chi connectivity index (χ2v) is 6.61. The number of hydrogen-bond donors (Lipinski definition) is 1. The van der Waals surface area contributed by atoms with E-state index in [0.717, 1.165) is 21.9 Å². The summed E-state index contributed by atoms with van der Waals surface area (Å²) in [6.07, 6.45) is 4.03. The number of carbonyl (C=O) groups excluding carboxylic acids is 1. The van der Waals surface area contributed by atoms with Crippen molar-refractivity contribution < 1.29 is 9.32 Å². The number of aromatic nitrogens is 3. The molecule has 4 aromatic rings. The third kappa shape index (κ3) is 3.91. The number of pyridine rings is 1. The number of fused-ring (bicyclic) bond motifs is 1. The Hall–Kier alpha value is -3.54. The van der Waals surface area contributed by atoms with E-state index in [-0.39, 0.29) is 18.4 Å². The van der Waals surface area contributed by atoms with Crippen LogP contribution in [0.1, 0.15) is 30.8 Å². The Morgan fingerprint density at radius 1 is 1.07 bits per heavy atom. The fourth-order valence-corrected chi connectivity index (χ4v) is 3.21. The number of carbonyl (C=O) groups is 1. The molecule has 1 unspecified atom stereocenters. The number of hydrogen-bond acceptors (Lipinski definition) is 5. The lowest BCUT2D eigenvalue weighted by Gasteiger charge is -2.16. The van der Waals surface area contributed by atoms with Crippen molar-refractivity contribution in [1.82, 2.24) is 20.4 Å². The van der Waals surface area contributed by atoms with E-state index in [1.54, 1.807) is 12.4 Å². The minimum Gasteiger partial charge on any atom is -0.350 e. The highest BCUT2D eigenvalue weighted by atomic mass is 16.5. The Balaban J connectivity index is 1.37. The molecule has 140 valence electrons. The maximum absolute atomic E-state index is 12.4. The summed E-state index contributed by atoms with van der Waals surface area (Å²) in [4.78, 5) is 20.7. The molecule has 6 nitrogen and oxygen atoms in total. The lowest BCUT2D eigenvalue weighted by molar-refractivity contribution is -0.121. The second kappa shape index (κ2) is 8.00. The lowest BCUT2D eigenvalue weighted by atomic mass is 9.99. The summed E-state index contributed by atoms with van der Waals surface area (Å²) in [5.41, 5.74) is 1.93. The number of nitrogens with one attached hydrogen (secondary N) is 1. The van der Waals surface area contributed by atoms with E-state index in [1.807, 2.05) is 43.3 Å². The predicted molar refractivity (Wildman–Crippen MR) is 106 cm³/mol. The molecule has 0 bridgehead atoms. The third-order valence-electron chi connectivity index (χ3n) is 4.64. The number of nitrogens with zero attached hydrogens (tertiary/aromatic N) is 3. The van der Waals surface area contributed by atoms with Gasteiger partial charge in [0.1, 0.15) is 0 Å². The third-order valence-corrected chi connectivity index (χ3v) is 4.64. The van der Waals surface area contributed by atoms with Crippen LogP contribution in [0.25, 0.3) is 22.2 Å². The highest BCUT2D eigenvalue weighted by Crippen LogP contribution is 2.24. The normalized spacial score (nSPS) is 12.0. The summed E-state index contributed by atoms with van der Waals surface area (Å²) in [7, 11) is 0. The van der Waals surface area contributed by atoms with Crippen LogP contribution >= 0.6 is 0 Å². The number of aryl methyl sites for hydroxylation is 1. The summed E-state index contributed by atoms with van der Waals surface area (Å²) in [6.45, 7) is 1.99. The van der Waals surface area contributed by atoms with E-state index >= 15 is 0 Å². The minimum absolute atomic E-state index is 0.0518. The molecule has 1 atom stereocenters. The van der Waals surface area contributed by atoms with Gasteiger partial charge in [0.15, 0.2) is 0 Å². The van der Waals surface area contributed by atoms with Crippen LogP contribution in [0.5, 0.6) is 0 Å². The molecule has 1 N–H and O–H groups in total. The van der Waals surface area contributed by atoms with E-state index in [0.29, 0.717) is 18.1 Å². The van der Waals surface area contributed by atoms with Gasteiger partial charge in [-0.05, 0) is 35.4 Å². The summed E-state index contributed by atoms with van der Waals surface area (Å²) < 4.78 is 5.26. The first-order chi connectivity index (χ1) is 13.7. The van der Waals surface area contributed by atoms with Crippen molar-refractivity contribution in [2.45, 2.75) is 25.8 Å². The Morgan fingerprint density at radius 3 is 2.71 bits per heavy atom. The molecule has 0 saturated heterocycles. The summed E-state index contributed by atoms with van der Waals surface area (Å²) >= 11 is 0. The average molecular weight is 372 g/mol. The topological polar surface area (TPSA) is 80.9 Å². The zero-order valence-electron chi connectivity index (χ0n) is 15.5. The van der Waals surface area contributed by atoms with Gasteiger partial charge >= 0.3 is 0 Å². The molecule has 0 radical (unpaired) electrons. The molecule has 28 heavy (non-hydrogen) atoms. The minimum atomic E-state index is -0.0892. The maximum atomic E-state index is 12.4. The quantitative estimate of drug-likeness (QED) is 0.551. The van der Waals surface area contributed by atoms with Crippen molar-refractivity contribution in [1.29, 1.82) is 0 Å². The molecule has 0 saturated carbocycles. The largest absolute Gasteiger partial charge is 0.350 e. The predicted octanol–water partition coefficient (Wildman–Crippen LogP) is 4.09. The first kappa shape index (κ1) is 17.9.